The van der Waals surface area contributed by atoms with Crippen LogP contribution in [0.4, 0.5) is 5.13 Å². The molecule has 2 N–H and O–H groups in total. The van der Waals surface area contributed by atoms with Crippen LogP contribution in [0.2, 0.25) is 0 Å². The molecule has 1 saturated heterocycles. The molecule has 1 unspecified atom stereocenters. The molecule has 0 amide bonds. The van der Waals surface area contributed by atoms with Gasteiger partial charge in [0.25, 0.3) is 0 Å². The van der Waals surface area contributed by atoms with Crippen LogP contribution in [-0.4, -0.2) is 51.1 Å². The molecule has 8 heteroatoms. The maximum atomic E-state index is 5.67. The van der Waals surface area contributed by atoms with Gasteiger partial charge in [-0.1, -0.05) is 5.16 Å². The van der Waals surface area contributed by atoms with E-state index >= 15 is 0 Å². The van der Waals surface area contributed by atoms with Crippen molar-refractivity contribution in [3.05, 3.63) is 22.8 Å². The van der Waals surface area contributed by atoms with Crippen molar-refractivity contribution >= 4 is 16.5 Å². The third-order valence-corrected chi connectivity index (χ3v) is 4.62. The highest BCUT2D eigenvalue weighted by Gasteiger charge is 2.25. The van der Waals surface area contributed by atoms with Gasteiger partial charge in [-0.3, -0.25) is 9.80 Å². The minimum atomic E-state index is 0.174. The van der Waals surface area contributed by atoms with Crippen LogP contribution in [0.1, 0.15) is 29.6 Å². The van der Waals surface area contributed by atoms with E-state index in [0.29, 0.717) is 16.8 Å². The first-order chi connectivity index (χ1) is 10.1. The summed E-state index contributed by atoms with van der Waals surface area (Å²) in [6.45, 7) is 8.93. The average molecular weight is 308 g/mol. The van der Waals surface area contributed by atoms with Crippen molar-refractivity contribution in [1.82, 2.24) is 24.9 Å². The SMILES string of the molecule is Cc1noc(C(C)N2CCN(Cc3cnc(N)s3)CC2)n1. The number of anilines is 1. The number of nitrogens with zero attached hydrogens (tertiary/aromatic N) is 5. The Morgan fingerprint density at radius 2 is 2.14 bits per heavy atom. The molecule has 2 aromatic heterocycles. The summed E-state index contributed by atoms with van der Waals surface area (Å²) < 4.78 is 5.27. The number of rotatable bonds is 4. The standard InChI is InChI=1S/C13H20N6OS/c1-9(12-16-10(2)17-20-12)19-5-3-18(4-6-19)8-11-7-15-13(14)21-11/h7,9H,3-6,8H2,1-2H3,(H2,14,15). The number of piperazine rings is 1. The third kappa shape index (κ3) is 3.39. The van der Waals surface area contributed by atoms with Crippen LogP contribution in [0.3, 0.4) is 0 Å². The van der Waals surface area contributed by atoms with Crippen LogP contribution in [0.25, 0.3) is 0 Å². The van der Waals surface area contributed by atoms with Crippen molar-refractivity contribution in [3.8, 4) is 0 Å². The molecular weight excluding hydrogens is 288 g/mol. The van der Waals surface area contributed by atoms with Crippen LogP contribution >= 0.6 is 11.3 Å². The number of nitrogen functional groups attached to an aromatic ring is 1. The van der Waals surface area contributed by atoms with E-state index in [1.54, 1.807) is 11.3 Å². The van der Waals surface area contributed by atoms with Gasteiger partial charge in [0.2, 0.25) is 5.89 Å². The quantitative estimate of drug-likeness (QED) is 0.911. The summed E-state index contributed by atoms with van der Waals surface area (Å²) in [5.41, 5.74) is 5.67. The van der Waals surface area contributed by atoms with Crippen molar-refractivity contribution in [3.63, 3.8) is 0 Å². The van der Waals surface area contributed by atoms with Crippen molar-refractivity contribution in [2.75, 3.05) is 31.9 Å². The first-order valence-corrected chi connectivity index (χ1v) is 7.90. The predicted octanol–water partition coefficient (Wildman–Crippen LogP) is 1.30. The highest BCUT2D eigenvalue weighted by Crippen LogP contribution is 2.22. The van der Waals surface area contributed by atoms with Crippen LogP contribution < -0.4 is 5.73 Å². The zero-order valence-electron chi connectivity index (χ0n) is 12.3. The van der Waals surface area contributed by atoms with Crippen molar-refractivity contribution in [1.29, 1.82) is 0 Å². The normalized spacial score (nSPS) is 19.0. The van der Waals surface area contributed by atoms with Crippen molar-refractivity contribution < 1.29 is 4.52 Å². The van der Waals surface area contributed by atoms with E-state index in [9.17, 15) is 0 Å². The van der Waals surface area contributed by atoms with Crippen LogP contribution in [0.15, 0.2) is 10.7 Å². The van der Waals surface area contributed by atoms with E-state index in [2.05, 4.69) is 31.8 Å². The smallest absolute Gasteiger partial charge is 0.243 e. The molecule has 0 bridgehead atoms. The second-order valence-electron chi connectivity index (χ2n) is 5.33. The van der Waals surface area contributed by atoms with Gasteiger partial charge in [0.05, 0.1) is 6.04 Å². The molecule has 1 fully saturated rings. The summed E-state index contributed by atoms with van der Waals surface area (Å²) in [5.74, 6) is 1.40. The number of aromatic nitrogens is 3. The minimum Gasteiger partial charge on any atom is -0.375 e. The molecule has 3 rings (SSSR count). The Morgan fingerprint density at radius 1 is 1.38 bits per heavy atom. The molecule has 0 spiro atoms. The first-order valence-electron chi connectivity index (χ1n) is 7.08. The lowest BCUT2D eigenvalue weighted by atomic mass is 10.2. The van der Waals surface area contributed by atoms with Gasteiger partial charge in [0.15, 0.2) is 11.0 Å². The van der Waals surface area contributed by atoms with Gasteiger partial charge in [0.1, 0.15) is 0 Å². The van der Waals surface area contributed by atoms with E-state index in [1.165, 1.54) is 4.88 Å². The molecule has 2 aromatic rings. The molecule has 0 aliphatic carbocycles. The molecule has 1 aliphatic heterocycles. The van der Waals surface area contributed by atoms with Gasteiger partial charge >= 0.3 is 0 Å². The van der Waals surface area contributed by atoms with Crippen LogP contribution in [0, 0.1) is 6.92 Å². The molecule has 0 radical (unpaired) electrons. The topological polar surface area (TPSA) is 84.3 Å². The molecule has 1 atom stereocenters. The molecular formula is C13H20N6OS. The van der Waals surface area contributed by atoms with Gasteiger partial charge in [-0.25, -0.2) is 4.98 Å². The maximum absolute atomic E-state index is 5.67. The number of aryl methyl sites for hydroxylation is 1. The van der Waals surface area contributed by atoms with E-state index in [0.717, 1.165) is 32.7 Å². The Morgan fingerprint density at radius 3 is 2.71 bits per heavy atom. The van der Waals surface area contributed by atoms with E-state index in [-0.39, 0.29) is 6.04 Å². The van der Waals surface area contributed by atoms with Gasteiger partial charge in [-0.2, -0.15) is 4.98 Å². The lowest BCUT2D eigenvalue weighted by Gasteiger charge is -2.36. The fourth-order valence-electron chi connectivity index (χ4n) is 2.56. The van der Waals surface area contributed by atoms with Crippen LogP contribution in [-0.2, 0) is 6.54 Å². The van der Waals surface area contributed by atoms with Crippen molar-refractivity contribution in [2.45, 2.75) is 26.4 Å². The number of nitrogens with two attached hydrogens (primary N) is 1. The zero-order chi connectivity index (χ0) is 14.8. The monoisotopic (exact) mass is 308 g/mol. The first kappa shape index (κ1) is 14.4. The Labute approximate surface area is 127 Å². The second-order valence-corrected chi connectivity index (χ2v) is 6.48. The van der Waals surface area contributed by atoms with E-state index in [4.69, 9.17) is 10.3 Å². The molecule has 0 saturated carbocycles. The third-order valence-electron chi connectivity index (χ3n) is 3.81. The second kappa shape index (κ2) is 6.08. The average Bonchev–Trinajstić information content (AvgIpc) is 3.08. The summed E-state index contributed by atoms with van der Waals surface area (Å²) >= 11 is 1.57. The summed E-state index contributed by atoms with van der Waals surface area (Å²) in [6.07, 6.45) is 1.87. The highest BCUT2D eigenvalue weighted by molar-refractivity contribution is 7.15. The predicted molar refractivity (Wildman–Crippen MR) is 80.8 cm³/mol. The molecule has 7 nitrogen and oxygen atoms in total. The Kier molecular flexibility index (Phi) is 4.18. The molecule has 114 valence electrons. The summed E-state index contributed by atoms with van der Waals surface area (Å²) in [7, 11) is 0. The highest BCUT2D eigenvalue weighted by atomic mass is 32.1. The lowest BCUT2D eigenvalue weighted by Crippen LogP contribution is -2.46. The van der Waals surface area contributed by atoms with Gasteiger partial charge in [-0.05, 0) is 13.8 Å². The number of hydrogen-bond acceptors (Lipinski definition) is 8. The largest absolute Gasteiger partial charge is 0.375 e. The zero-order valence-corrected chi connectivity index (χ0v) is 13.1. The van der Waals surface area contributed by atoms with Gasteiger partial charge in [0, 0.05) is 43.8 Å². The Balaban J connectivity index is 1.52. The molecule has 0 aromatic carbocycles. The lowest BCUT2D eigenvalue weighted by molar-refractivity contribution is 0.0850. The van der Waals surface area contributed by atoms with Gasteiger partial charge in [-0.15, -0.1) is 11.3 Å². The molecule has 3 heterocycles. The maximum Gasteiger partial charge on any atom is 0.243 e. The number of thiazole rings is 1. The number of hydrogen-bond donors (Lipinski definition) is 1. The Bertz CT molecular complexity index is 589. The molecule has 21 heavy (non-hydrogen) atoms. The summed E-state index contributed by atoms with van der Waals surface area (Å²) in [6, 6.07) is 0.174. The fraction of sp³-hybridized carbons (Fsp3) is 0.615. The summed E-state index contributed by atoms with van der Waals surface area (Å²) in [5, 5.41) is 4.51. The Hall–Kier alpha value is -1.51. The van der Waals surface area contributed by atoms with Crippen molar-refractivity contribution in [2.24, 2.45) is 0 Å². The van der Waals surface area contributed by atoms with E-state index < -0.39 is 0 Å². The van der Waals surface area contributed by atoms with Crippen LogP contribution in [0.5, 0.6) is 0 Å². The molecule has 1 aliphatic rings. The summed E-state index contributed by atoms with van der Waals surface area (Å²) in [4.78, 5) is 14.4. The van der Waals surface area contributed by atoms with Gasteiger partial charge < -0.3 is 10.3 Å². The fourth-order valence-corrected chi connectivity index (χ4v) is 3.29. The van der Waals surface area contributed by atoms with E-state index in [1.807, 2.05) is 13.1 Å². The minimum absolute atomic E-state index is 0.174.